The minimum absolute atomic E-state index is 0.319. The first-order valence-electron chi connectivity index (χ1n) is 9.35. The third-order valence-corrected chi connectivity index (χ3v) is 6.09. The average molecular weight is 481 g/mol. The Bertz CT molecular complexity index is 1400. The number of carbonyl (C=O) groups is 1. The summed E-state index contributed by atoms with van der Waals surface area (Å²) < 4.78 is 14.3. The number of amides is 1. The molecule has 0 aliphatic heterocycles. The second kappa shape index (κ2) is 8.95. The summed E-state index contributed by atoms with van der Waals surface area (Å²) in [6.07, 6.45) is 3.21. The Labute approximate surface area is 195 Å². The standard InChI is InChI=1S/C21H13ClN6O2S2/c22-13-6-4-12(5-7-13)11-30-21-26-25-20(31-21)24-19(29)15-8-9-23-10-16(15)14-2-1-3-17-18(14)28-32-27-17/h1-10H,11H2,(H,24,25,29). The molecule has 0 bridgehead atoms. The summed E-state index contributed by atoms with van der Waals surface area (Å²) in [5.74, 6) is -0.331. The minimum Gasteiger partial charge on any atom is -0.464 e. The molecule has 2 aromatic carbocycles. The summed E-state index contributed by atoms with van der Waals surface area (Å²) in [4.78, 5) is 17.2. The lowest BCUT2D eigenvalue weighted by Gasteiger charge is -2.08. The molecule has 0 unspecified atom stereocenters. The molecule has 1 amide bonds. The zero-order valence-electron chi connectivity index (χ0n) is 16.2. The zero-order chi connectivity index (χ0) is 21.9. The van der Waals surface area contributed by atoms with Crippen molar-refractivity contribution >= 4 is 56.7 Å². The van der Waals surface area contributed by atoms with E-state index in [2.05, 4.69) is 29.2 Å². The molecule has 3 aromatic heterocycles. The Morgan fingerprint density at radius 2 is 1.91 bits per heavy atom. The SMILES string of the molecule is O=C(Nc1nnc(OCc2ccc(Cl)cc2)s1)c1ccncc1-c1cccc2nsnc12. The molecule has 0 aliphatic carbocycles. The van der Waals surface area contributed by atoms with Gasteiger partial charge in [-0.15, -0.1) is 5.10 Å². The van der Waals surface area contributed by atoms with Crippen LogP contribution in [0.4, 0.5) is 5.13 Å². The third-order valence-electron chi connectivity index (χ3n) is 4.54. The second-order valence-corrected chi connectivity index (χ2v) is 8.51. The largest absolute Gasteiger partial charge is 0.464 e. The van der Waals surface area contributed by atoms with Gasteiger partial charge in [0, 0.05) is 28.5 Å². The molecule has 1 N–H and O–H groups in total. The van der Waals surface area contributed by atoms with Crippen LogP contribution in [0.25, 0.3) is 22.2 Å². The van der Waals surface area contributed by atoms with Crippen LogP contribution in [0.2, 0.25) is 5.02 Å². The number of hydrogen-bond acceptors (Lipinski definition) is 9. The van der Waals surface area contributed by atoms with Crippen molar-refractivity contribution in [2.45, 2.75) is 6.61 Å². The normalized spacial score (nSPS) is 10.9. The highest BCUT2D eigenvalue weighted by Gasteiger charge is 2.18. The number of ether oxygens (including phenoxy) is 1. The van der Waals surface area contributed by atoms with E-state index in [1.165, 1.54) is 0 Å². The van der Waals surface area contributed by atoms with Gasteiger partial charge in [0.25, 0.3) is 11.1 Å². The zero-order valence-corrected chi connectivity index (χ0v) is 18.6. The van der Waals surface area contributed by atoms with Crippen LogP contribution in [0.5, 0.6) is 5.19 Å². The lowest BCUT2D eigenvalue weighted by atomic mass is 10.0. The first-order chi connectivity index (χ1) is 15.7. The fourth-order valence-corrected chi connectivity index (χ4v) is 4.31. The van der Waals surface area contributed by atoms with Gasteiger partial charge in [0.05, 0.1) is 17.3 Å². The number of rotatable bonds is 6. The number of pyridine rings is 1. The Morgan fingerprint density at radius 3 is 2.78 bits per heavy atom. The molecule has 11 heteroatoms. The fourth-order valence-electron chi connectivity index (χ4n) is 3.04. The molecule has 3 heterocycles. The summed E-state index contributed by atoms with van der Waals surface area (Å²) in [5, 5.41) is 12.1. The molecule has 5 rings (SSSR count). The molecular weight excluding hydrogens is 468 g/mol. The van der Waals surface area contributed by atoms with Crippen molar-refractivity contribution in [2.75, 3.05) is 5.32 Å². The quantitative estimate of drug-likeness (QED) is 0.361. The molecule has 0 spiro atoms. The third kappa shape index (κ3) is 4.28. The molecule has 0 radical (unpaired) electrons. The van der Waals surface area contributed by atoms with Crippen molar-refractivity contribution in [1.82, 2.24) is 23.9 Å². The van der Waals surface area contributed by atoms with E-state index >= 15 is 0 Å². The van der Waals surface area contributed by atoms with E-state index in [-0.39, 0.29) is 5.91 Å². The molecule has 8 nitrogen and oxygen atoms in total. The van der Waals surface area contributed by atoms with E-state index in [0.717, 1.165) is 45.2 Å². The van der Waals surface area contributed by atoms with Crippen LogP contribution in [0.3, 0.4) is 0 Å². The van der Waals surface area contributed by atoms with E-state index in [1.54, 1.807) is 30.6 Å². The lowest BCUT2D eigenvalue weighted by molar-refractivity contribution is 0.102. The first-order valence-corrected chi connectivity index (χ1v) is 11.3. The maximum Gasteiger partial charge on any atom is 0.296 e. The maximum absolute atomic E-state index is 13.0. The van der Waals surface area contributed by atoms with Crippen molar-refractivity contribution < 1.29 is 9.53 Å². The molecular formula is C21H13ClN6O2S2. The van der Waals surface area contributed by atoms with Crippen LogP contribution in [0.1, 0.15) is 15.9 Å². The summed E-state index contributed by atoms with van der Waals surface area (Å²) in [7, 11) is 0. The van der Waals surface area contributed by atoms with E-state index in [9.17, 15) is 4.79 Å². The number of halogens is 1. The number of anilines is 1. The van der Waals surface area contributed by atoms with Crippen LogP contribution in [0, 0.1) is 0 Å². The number of nitrogens with one attached hydrogen (secondary N) is 1. The number of benzene rings is 2. The first kappa shape index (κ1) is 20.4. The molecule has 0 saturated heterocycles. The summed E-state index contributed by atoms with van der Waals surface area (Å²) in [5.41, 5.74) is 4.34. The van der Waals surface area contributed by atoms with Gasteiger partial charge in [0.15, 0.2) is 0 Å². The topological polar surface area (TPSA) is 103 Å². The summed E-state index contributed by atoms with van der Waals surface area (Å²) >= 11 is 8.16. The second-order valence-electron chi connectivity index (χ2n) is 6.60. The average Bonchev–Trinajstić information content (AvgIpc) is 3.48. The molecule has 0 saturated carbocycles. The van der Waals surface area contributed by atoms with Crippen LogP contribution in [-0.4, -0.2) is 29.8 Å². The van der Waals surface area contributed by atoms with Gasteiger partial charge in [0.1, 0.15) is 17.6 Å². The van der Waals surface area contributed by atoms with Crippen LogP contribution >= 0.6 is 34.7 Å². The molecule has 5 aromatic rings. The molecule has 158 valence electrons. The lowest BCUT2D eigenvalue weighted by Crippen LogP contribution is -2.13. The van der Waals surface area contributed by atoms with Gasteiger partial charge in [-0.3, -0.25) is 15.1 Å². The highest BCUT2D eigenvalue weighted by atomic mass is 35.5. The summed E-state index contributed by atoms with van der Waals surface area (Å²) in [6, 6.07) is 14.6. The van der Waals surface area contributed by atoms with Crippen molar-refractivity contribution in [2.24, 2.45) is 0 Å². The van der Waals surface area contributed by atoms with Gasteiger partial charge in [-0.05, 0) is 41.2 Å². The van der Waals surface area contributed by atoms with E-state index in [4.69, 9.17) is 16.3 Å². The maximum atomic E-state index is 13.0. The number of fused-ring (bicyclic) bond motifs is 1. The molecule has 0 aliphatic rings. The smallest absolute Gasteiger partial charge is 0.296 e. The van der Waals surface area contributed by atoms with Gasteiger partial charge in [-0.25, -0.2) is 0 Å². The number of aromatic nitrogens is 5. The molecule has 0 fully saturated rings. The summed E-state index contributed by atoms with van der Waals surface area (Å²) in [6.45, 7) is 0.319. The van der Waals surface area contributed by atoms with Crippen molar-refractivity contribution in [3.05, 3.63) is 77.1 Å². The number of carbonyl (C=O) groups excluding carboxylic acids is 1. The minimum atomic E-state index is -0.331. The highest BCUT2D eigenvalue weighted by molar-refractivity contribution is 7.17. The van der Waals surface area contributed by atoms with Crippen molar-refractivity contribution in [1.29, 1.82) is 0 Å². The van der Waals surface area contributed by atoms with Crippen molar-refractivity contribution in [3.63, 3.8) is 0 Å². The monoisotopic (exact) mass is 480 g/mol. The Morgan fingerprint density at radius 1 is 1.03 bits per heavy atom. The molecule has 0 atom stereocenters. The van der Waals surface area contributed by atoms with Gasteiger partial charge >= 0.3 is 0 Å². The van der Waals surface area contributed by atoms with Gasteiger partial charge in [-0.2, -0.15) is 8.75 Å². The van der Waals surface area contributed by atoms with Crippen LogP contribution in [0.15, 0.2) is 60.9 Å². The van der Waals surface area contributed by atoms with Crippen molar-refractivity contribution in [3.8, 4) is 16.3 Å². The highest BCUT2D eigenvalue weighted by Crippen LogP contribution is 2.30. The van der Waals surface area contributed by atoms with Crippen LogP contribution in [-0.2, 0) is 6.61 Å². The predicted molar refractivity (Wildman–Crippen MR) is 124 cm³/mol. The van der Waals surface area contributed by atoms with E-state index in [1.807, 2.05) is 30.3 Å². The number of hydrogen-bond donors (Lipinski definition) is 1. The Balaban J connectivity index is 1.33. The van der Waals surface area contributed by atoms with Gasteiger partial charge in [0.2, 0.25) is 5.13 Å². The predicted octanol–water partition coefficient (Wildman–Crippen LogP) is 5.09. The van der Waals surface area contributed by atoms with Gasteiger partial charge < -0.3 is 4.74 Å². The van der Waals surface area contributed by atoms with E-state index < -0.39 is 0 Å². The number of nitrogens with zero attached hydrogens (tertiary/aromatic N) is 5. The Kier molecular flexibility index (Phi) is 5.71. The van der Waals surface area contributed by atoms with Gasteiger partial charge in [-0.1, -0.05) is 41.0 Å². The molecule has 32 heavy (non-hydrogen) atoms. The van der Waals surface area contributed by atoms with E-state index in [0.29, 0.717) is 33.1 Å². The fraction of sp³-hybridized carbons (Fsp3) is 0.0476. The van der Waals surface area contributed by atoms with Crippen LogP contribution < -0.4 is 10.1 Å². The Hall–Kier alpha value is -3.47.